The van der Waals surface area contributed by atoms with E-state index in [0.29, 0.717) is 4.88 Å². The normalized spacial score (nSPS) is 12.3. The Bertz CT molecular complexity index is 1440. The molecule has 2 aromatic carbocycles. The van der Waals surface area contributed by atoms with Gasteiger partial charge in [0.1, 0.15) is 0 Å². The number of carboxylic acid groups (broad SMARTS) is 1. The summed E-state index contributed by atoms with van der Waals surface area (Å²) in [6, 6.07) is 17.2. The largest absolute Gasteiger partial charge is 0.477 e. The minimum atomic E-state index is -3.89. The standard InChI is InChI=1S/C24H20N2O4S2/c1-16-6-8-17(9-7-16)10-11-19-12-13-23(31-19)32(29,30)26-22(24(27)28)14-18-15-25-21-5-3-2-4-20(18)21/h2-9,12-13,15,22,25-26H,14H2,1H3,(H,27,28)/p+1. The van der Waals surface area contributed by atoms with Crippen LogP contribution in [0, 0.1) is 18.8 Å². The molecular weight excluding hydrogens is 444 g/mol. The zero-order valence-electron chi connectivity index (χ0n) is 17.2. The van der Waals surface area contributed by atoms with E-state index in [2.05, 4.69) is 16.8 Å². The van der Waals surface area contributed by atoms with Crippen LogP contribution in [0.2, 0.25) is 0 Å². The summed E-state index contributed by atoms with van der Waals surface area (Å²) < 4.78 is 26.8. The number of H-pyrrole nitrogens is 1. The third-order valence-corrected chi connectivity index (χ3v) is 8.14. The van der Waals surface area contributed by atoms with Crippen molar-refractivity contribution in [1.82, 2.24) is 4.98 Å². The van der Waals surface area contributed by atoms with Gasteiger partial charge in [0, 0.05) is 29.1 Å². The number of primary sulfonamides is 1. The summed E-state index contributed by atoms with van der Waals surface area (Å²) in [6.07, 6.45) is 1.80. The number of hydrogen-bond donors (Lipinski definition) is 3. The molecule has 4 aromatic rings. The Morgan fingerprint density at radius 3 is 2.59 bits per heavy atom. The van der Waals surface area contributed by atoms with Gasteiger partial charge in [0.2, 0.25) is 6.04 Å². The minimum Gasteiger partial charge on any atom is -0.477 e. The Morgan fingerprint density at radius 1 is 1.09 bits per heavy atom. The molecule has 0 bridgehead atoms. The van der Waals surface area contributed by atoms with Crippen molar-refractivity contribution >= 4 is 38.2 Å². The smallest absolute Gasteiger partial charge is 0.363 e. The number of aromatic nitrogens is 1. The summed E-state index contributed by atoms with van der Waals surface area (Å²) in [5.41, 5.74) is 3.61. The number of thiophene rings is 1. The van der Waals surface area contributed by atoms with E-state index in [1.807, 2.05) is 55.5 Å². The number of hydrogen-bond acceptors (Lipinski definition) is 4. The van der Waals surface area contributed by atoms with E-state index in [-0.39, 0.29) is 10.6 Å². The van der Waals surface area contributed by atoms with Crippen molar-refractivity contribution in [3.63, 3.8) is 0 Å². The number of carboxylic acids is 1. The van der Waals surface area contributed by atoms with Crippen LogP contribution in [-0.2, 0) is 21.2 Å². The lowest BCUT2D eigenvalue weighted by molar-refractivity contribution is -0.527. The molecule has 4 rings (SSSR count). The van der Waals surface area contributed by atoms with Crippen molar-refractivity contribution in [1.29, 1.82) is 0 Å². The summed E-state index contributed by atoms with van der Waals surface area (Å²) in [4.78, 5) is 15.5. The van der Waals surface area contributed by atoms with Crippen molar-refractivity contribution in [3.8, 4) is 11.8 Å². The van der Waals surface area contributed by atoms with Crippen molar-refractivity contribution < 1.29 is 23.0 Å². The fourth-order valence-electron chi connectivity index (χ4n) is 3.33. The first kappa shape index (κ1) is 21.8. The molecule has 1 atom stereocenters. The second-order valence-corrected chi connectivity index (χ2v) is 10.6. The molecule has 0 aliphatic heterocycles. The molecule has 0 aliphatic rings. The monoisotopic (exact) mass is 465 g/mol. The highest BCUT2D eigenvalue weighted by Crippen LogP contribution is 2.21. The van der Waals surface area contributed by atoms with Crippen LogP contribution < -0.4 is 4.72 Å². The minimum absolute atomic E-state index is 0.0735. The molecule has 0 radical (unpaired) electrons. The van der Waals surface area contributed by atoms with E-state index in [9.17, 15) is 18.3 Å². The highest BCUT2D eigenvalue weighted by Gasteiger charge is 2.31. The van der Waals surface area contributed by atoms with Crippen molar-refractivity contribution in [2.24, 2.45) is 0 Å². The first-order valence-electron chi connectivity index (χ1n) is 9.88. The number of rotatable bonds is 6. The number of nitrogens with one attached hydrogen (secondary N) is 1. The predicted molar refractivity (Wildman–Crippen MR) is 124 cm³/mol. The van der Waals surface area contributed by atoms with Crippen LogP contribution in [-0.4, -0.2) is 30.5 Å². The molecule has 162 valence electrons. The van der Waals surface area contributed by atoms with Crippen LogP contribution in [0.25, 0.3) is 10.9 Å². The van der Waals surface area contributed by atoms with Gasteiger partial charge in [0.15, 0.2) is 4.21 Å². The second-order valence-electron chi connectivity index (χ2n) is 7.42. The number of sulfonamides is 1. The van der Waals surface area contributed by atoms with Gasteiger partial charge < -0.3 is 10.1 Å². The first-order chi connectivity index (χ1) is 15.3. The molecule has 2 heterocycles. The molecule has 4 N–H and O–H groups in total. The van der Waals surface area contributed by atoms with Crippen LogP contribution in [0.1, 0.15) is 21.6 Å². The molecule has 0 fully saturated rings. The van der Waals surface area contributed by atoms with E-state index < -0.39 is 22.0 Å². The molecule has 2 aromatic heterocycles. The summed E-state index contributed by atoms with van der Waals surface area (Å²) in [6.45, 7) is 1.99. The Morgan fingerprint density at radius 2 is 1.84 bits per heavy atom. The van der Waals surface area contributed by atoms with Crippen molar-refractivity contribution in [2.75, 3.05) is 0 Å². The summed E-state index contributed by atoms with van der Waals surface area (Å²) in [5, 5.41) is 10.5. The van der Waals surface area contributed by atoms with Gasteiger partial charge in [-0.15, -0.1) is 11.3 Å². The number of para-hydroxylation sites is 1. The van der Waals surface area contributed by atoms with Crippen LogP contribution in [0.5, 0.6) is 0 Å². The Kier molecular flexibility index (Phi) is 6.15. The van der Waals surface area contributed by atoms with Gasteiger partial charge in [-0.1, -0.05) is 47.7 Å². The van der Waals surface area contributed by atoms with Crippen LogP contribution in [0.4, 0.5) is 0 Å². The zero-order chi connectivity index (χ0) is 22.7. The van der Waals surface area contributed by atoms with Gasteiger partial charge in [0.05, 0.1) is 4.88 Å². The summed E-state index contributed by atoms with van der Waals surface area (Å²) in [5.74, 6) is 4.81. The lowest BCUT2D eigenvalue weighted by Crippen LogP contribution is -2.94. The van der Waals surface area contributed by atoms with Crippen LogP contribution in [0.15, 0.2) is 71.1 Å². The molecule has 0 aliphatic carbocycles. The third-order valence-electron chi connectivity index (χ3n) is 5.02. The molecule has 0 saturated carbocycles. The van der Waals surface area contributed by atoms with E-state index in [0.717, 1.165) is 43.7 Å². The second kappa shape index (κ2) is 9.01. The Labute approximate surface area is 190 Å². The Balaban J connectivity index is 1.52. The number of aliphatic carboxylic acids is 1. The number of aryl methyl sites for hydroxylation is 1. The molecule has 8 heteroatoms. The fourth-order valence-corrected chi connectivity index (χ4v) is 5.85. The summed E-state index contributed by atoms with van der Waals surface area (Å²) >= 11 is 1.03. The average molecular weight is 466 g/mol. The van der Waals surface area contributed by atoms with Crippen LogP contribution >= 0.6 is 11.3 Å². The fraction of sp³-hybridized carbons (Fsp3) is 0.125. The number of benzene rings is 2. The molecule has 6 nitrogen and oxygen atoms in total. The highest BCUT2D eigenvalue weighted by atomic mass is 32.2. The molecule has 0 spiro atoms. The van der Waals surface area contributed by atoms with E-state index >= 15 is 0 Å². The molecular formula is C24H21N2O4S2+. The van der Waals surface area contributed by atoms with Crippen molar-refractivity contribution in [2.45, 2.75) is 23.6 Å². The molecule has 1 unspecified atom stereocenters. The highest BCUT2D eigenvalue weighted by molar-refractivity contribution is 7.87. The van der Waals surface area contributed by atoms with E-state index in [4.69, 9.17) is 0 Å². The van der Waals surface area contributed by atoms with E-state index in [1.54, 1.807) is 12.3 Å². The maximum Gasteiger partial charge on any atom is 0.363 e. The van der Waals surface area contributed by atoms with Gasteiger partial charge in [-0.2, -0.15) is 8.42 Å². The number of quaternary nitrogens is 1. The maximum absolute atomic E-state index is 12.9. The van der Waals surface area contributed by atoms with E-state index in [1.165, 1.54) is 6.07 Å². The SMILES string of the molecule is Cc1ccc(C#Cc2ccc(S(=O)(=O)[NH2+]C(Cc3c[nH]c4ccccc34)C(=O)O)s2)cc1. The molecule has 32 heavy (non-hydrogen) atoms. The van der Waals surface area contributed by atoms with Gasteiger partial charge in [-0.3, -0.25) is 0 Å². The summed E-state index contributed by atoms with van der Waals surface area (Å²) in [7, 11) is -3.89. The zero-order valence-corrected chi connectivity index (χ0v) is 18.8. The molecule has 0 saturated heterocycles. The predicted octanol–water partition coefficient (Wildman–Crippen LogP) is 2.89. The van der Waals surface area contributed by atoms with Crippen LogP contribution in [0.3, 0.4) is 0 Å². The van der Waals surface area contributed by atoms with Gasteiger partial charge in [0.25, 0.3) is 0 Å². The first-order valence-corrected chi connectivity index (χ1v) is 12.2. The quantitative estimate of drug-likeness (QED) is 0.381. The van der Waals surface area contributed by atoms with Gasteiger partial charge in [-0.25, -0.2) is 9.52 Å². The molecule has 0 amide bonds. The van der Waals surface area contributed by atoms with Crippen molar-refractivity contribution in [3.05, 3.63) is 88.4 Å². The topological polar surface area (TPSA) is 104 Å². The number of carbonyl (C=O) groups is 1. The number of nitrogens with two attached hydrogens (primary N) is 1. The number of fused-ring (bicyclic) bond motifs is 1. The lowest BCUT2D eigenvalue weighted by atomic mass is 10.1. The van der Waals surface area contributed by atoms with Gasteiger partial charge in [-0.05, 0) is 42.8 Å². The Hall–Kier alpha value is -3.38. The van der Waals surface area contributed by atoms with Gasteiger partial charge >= 0.3 is 16.0 Å². The lowest BCUT2D eigenvalue weighted by Gasteiger charge is -2.10. The third kappa shape index (κ3) is 4.92. The maximum atomic E-state index is 12.9. The average Bonchev–Trinajstić information content (AvgIpc) is 3.41. The number of aromatic amines is 1.